The zero-order chi connectivity index (χ0) is 20.3. The number of benzene rings is 1. The summed E-state index contributed by atoms with van der Waals surface area (Å²) in [6, 6.07) is 13.6. The topological polar surface area (TPSA) is 67.2 Å². The zero-order valence-electron chi connectivity index (χ0n) is 16.5. The van der Waals surface area contributed by atoms with Crippen molar-refractivity contribution in [3.05, 3.63) is 69.7 Å². The van der Waals surface area contributed by atoms with Crippen LogP contribution in [-0.4, -0.2) is 47.0 Å². The summed E-state index contributed by atoms with van der Waals surface area (Å²) in [4.78, 5) is 28.6. The molecule has 1 aromatic carbocycles. The van der Waals surface area contributed by atoms with Gasteiger partial charge in [-0.15, -0.1) is 11.3 Å². The minimum atomic E-state index is -0.609. The van der Waals surface area contributed by atoms with Crippen LogP contribution in [0.5, 0.6) is 0 Å². The highest BCUT2D eigenvalue weighted by Crippen LogP contribution is 2.23. The Kier molecular flexibility index (Phi) is 6.06. The highest BCUT2D eigenvalue weighted by atomic mass is 32.1. The van der Waals surface area contributed by atoms with Gasteiger partial charge in [-0.2, -0.15) is 5.10 Å². The number of nitrogens with one attached hydrogen (secondary N) is 1. The van der Waals surface area contributed by atoms with Crippen molar-refractivity contribution in [2.75, 3.05) is 20.6 Å². The number of aryl methyl sites for hydroxylation is 1. The van der Waals surface area contributed by atoms with Gasteiger partial charge in [0, 0.05) is 11.4 Å². The lowest BCUT2D eigenvalue weighted by molar-refractivity contribution is -0.117. The molecule has 0 aliphatic rings. The zero-order valence-corrected chi connectivity index (χ0v) is 17.3. The summed E-state index contributed by atoms with van der Waals surface area (Å²) in [6.45, 7) is 3.92. The number of ketones is 1. The Morgan fingerprint density at radius 2 is 1.86 bits per heavy atom. The molecule has 0 radical (unpaired) electrons. The van der Waals surface area contributed by atoms with Gasteiger partial charge < -0.3 is 10.2 Å². The van der Waals surface area contributed by atoms with Gasteiger partial charge in [-0.05, 0) is 51.5 Å². The summed E-state index contributed by atoms with van der Waals surface area (Å²) in [7, 11) is 3.91. The fourth-order valence-corrected chi connectivity index (χ4v) is 4.12. The van der Waals surface area contributed by atoms with Gasteiger partial charge in [-0.3, -0.25) is 9.59 Å². The maximum atomic E-state index is 12.8. The number of Topliss-reactive ketones (excluding diaryl/α,β-unsaturated/α-hetero) is 1. The SMILES string of the molecule is Cc1nn(-c2ccccc2)c(C)c1C(=O)C(=O)NCC(c1cccs1)N(C)C. The third-order valence-corrected chi connectivity index (χ3v) is 5.65. The third-order valence-electron chi connectivity index (χ3n) is 4.68. The van der Waals surface area contributed by atoms with Gasteiger partial charge in [0.25, 0.3) is 11.7 Å². The van der Waals surface area contributed by atoms with Gasteiger partial charge in [0.2, 0.25) is 0 Å². The van der Waals surface area contributed by atoms with Crippen LogP contribution in [0.15, 0.2) is 47.8 Å². The number of carbonyl (C=O) groups is 2. The van der Waals surface area contributed by atoms with E-state index in [1.165, 1.54) is 0 Å². The fraction of sp³-hybridized carbons (Fsp3) is 0.286. The molecule has 6 nitrogen and oxygen atoms in total. The molecular weight excluding hydrogens is 372 g/mol. The van der Waals surface area contributed by atoms with Crippen LogP contribution in [0.2, 0.25) is 0 Å². The Morgan fingerprint density at radius 1 is 1.14 bits per heavy atom. The quantitative estimate of drug-likeness (QED) is 0.492. The highest BCUT2D eigenvalue weighted by molar-refractivity contribution is 7.10. The predicted molar refractivity (Wildman–Crippen MR) is 111 cm³/mol. The predicted octanol–water partition coefficient (Wildman–Crippen LogP) is 3.15. The van der Waals surface area contributed by atoms with Crippen molar-refractivity contribution in [3.8, 4) is 5.69 Å². The molecule has 2 aromatic heterocycles. The van der Waals surface area contributed by atoms with E-state index in [-0.39, 0.29) is 6.04 Å². The summed E-state index contributed by atoms with van der Waals surface area (Å²) in [5.41, 5.74) is 2.42. The smallest absolute Gasteiger partial charge is 0.292 e. The van der Waals surface area contributed by atoms with Gasteiger partial charge in [0.05, 0.1) is 28.7 Å². The van der Waals surface area contributed by atoms with Crippen LogP contribution in [0.4, 0.5) is 0 Å². The van der Waals surface area contributed by atoms with Gasteiger partial charge >= 0.3 is 0 Å². The molecule has 0 aliphatic carbocycles. The molecule has 1 amide bonds. The van der Waals surface area contributed by atoms with Crippen LogP contribution < -0.4 is 5.32 Å². The van der Waals surface area contributed by atoms with Gasteiger partial charge in [-0.25, -0.2) is 4.68 Å². The van der Waals surface area contributed by atoms with E-state index in [4.69, 9.17) is 0 Å². The summed E-state index contributed by atoms with van der Waals surface area (Å²) >= 11 is 1.63. The first-order valence-corrected chi connectivity index (χ1v) is 9.92. The lowest BCUT2D eigenvalue weighted by atomic mass is 10.1. The van der Waals surface area contributed by atoms with Crippen molar-refractivity contribution in [3.63, 3.8) is 0 Å². The molecule has 0 aliphatic heterocycles. The van der Waals surface area contributed by atoms with Crippen LogP contribution in [-0.2, 0) is 4.79 Å². The molecule has 0 saturated heterocycles. The van der Waals surface area contributed by atoms with E-state index >= 15 is 0 Å². The first-order valence-electron chi connectivity index (χ1n) is 9.04. The van der Waals surface area contributed by atoms with Gasteiger partial charge in [-0.1, -0.05) is 24.3 Å². The summed E-state index contributed by atoms with van der Waals surface area (Å²) < 4.78 is 1.70. The molecule has 3 aromatic rings. The second-order valence-corrected chi connectivity index (χ2v) is 7.81. The third kappa shape index (κ3) is 4.05. The molecule has 0 spiro atoms. The second kappa shape index (κ2) is 8.50. The van der Waals surface area contributed by atoms with Crippen LogP contribution >= 0.6 is 11.3 Å². The number of para-hydroxylation sites is 1. The molecule has 1 unspecified atom stereocenters. The number of carbonyl (C=O) groups excluding carboxylic acids is 2. The summed E-state index contributed by atoms with van der Waals surface area (Å²) in [5, 5.41) is 9.25. The van der Waals surface area contributed by atoms with Gasteiger partial charge in [0.15, 0.2) is 0 Å². The number of rotatable bonds is 7. The Balaban J connectivity index is 1.77. The lowest BCUT2D eigenvalue weighted by Crippen LogP contribution is -2.38. The molecule has 3 rings (SSSR count). The molecule has 7 heteroatoms. The molecule has 2 heterocycles. The van der Waals surface area contributed by atoms with E-state index in [2.05, 4.69) is 10.4 Å². The van der Waals surface area contributed by atoms with Crippen LogP contribution in [0.3, 0.4) is 0 Å². The number of hydrogen-bond acceptors (Lipinski definition) is 5. The normalized spacial score (nSPS) is 12.2. The van der Waals surface area contributed by atoms with Gasteiger partial charge in [0.1, 0.15) is 0 Å². The molecule has 1 N–H and O–H groups in total. The molecule has 0 fully saturated rings. The number of thiophene rings is 1. The average Bonchev–Trinajstić information content (AvgIpc) is 3.30. The number of aromatic nitrogens is 2. The van der Waals surface area contributed by atoms with Crippen molar-refractivity contribution in [1.82, 2.24) is 20.0 Å². The number of amides is 1. The fourth-order valence-electron chi connectivity index (χ4n) is 3.19. The van der Waals surface area contributed by atoms with Crippen LogP contribution in [0.1, 0.15) is 32.7 Å². The van der Waals surface area contributed by atoms with Crippen molar-refractivity contribution in [2.45, 2.75) is 19.9 Å². The number of likely N-dealkylation sites (N-methyl/N-ethyl adjacent to an activating group) is 1. The molecule has 0 saturated carbocycles. The highest BCUT2D eigenvalue weighted by Gasteiger charge is 2.26. The Labute approximate surface area is 168 Å². The van der Waals surface area contributed by atoms with E-state index < -0.39 is 11.7 Å². The number of nitrogens with zero attached hydrogens (tertiary/aromatic N) is 3. The largest absolute Gasteiger partial charge is 0.347 e. The van der Waals surface area contributed by atoms with Crippen molar-refractivity contribution in [1.29, 1.82) is 0 Å². The lowest BCUT2D eigenvalue weighted by Gasteiger charge is -2.23. The minimum absolute atomic E-state index is 0.0194. The molecule has 1 atom stereocenters. The van der Waals surface area contributed by atoms with Crippen LogP contribution in [0, 0.1) is 13.8 Å². The van der Waals surface area contributed by atoms with Crippen molar-refractivity contribution < 1.29 is 9.59 Å². The van der Waals surface area contributed by atoms with E-state index in [1.807, 2.05) is 73.8 Å². The Morgan fingerprint density at radius 3 is 2.46 bits per heavy atom. The average molecular weight is 397 g/mol. The Hall–Kier alpha value is -2.77. The standard InChI is InChI=1S/C21H24N4O2S/c1-14-19(15(2)25(23-14)16-9-6-5-7-10-16)20(26)21(27)22-13-17(24(3)4)18-11-8-12-28-18/h5-12,17H,13H2,1-4H3,(H,22,27). The van der Waals surface area contributed by atoms with E-state index in [1.54, 1.807) is 22.9 Å². The summed E-state index contributed by atoms with van der Waals surface area (Å²) in [5.74, 6) is -1.16. The monoisotopic (exact) mass is 396 g/mol. The molecule has 146 valence electrons. The Bertz CT molecular complexity index is 962. The van der Waals surface area contributed by atoms with Crippen molar-refractivity contribution >= 4 is 23.0 Å². The summed E-state index contributed by atoms with van der Waals surface area (Å²) in [6.07, 6.45) is 0. The number of hydrogen-bond donors (Lipinski definition) is 1. The maximum Gasteiger partial charge on any atom is 0.292 e. The second-order valence-electron chi connectivity index (χ2n) is 6.83. The molecule has 0 bridgehead atoms. The maximum absolute atomic E-state index is 12.8. The first-order chi connectivity index (χ1) is 13.4. The van der Waals surface area contributed by atoms with E-state index in [0.29, 0.717) is 23.5 Å². The minimum Gasteiger partial charge on any atom is -0.347 e. The molecular formula is C21H24N4O2S. The van der Waals surface area contributed by atoms with Crippen molar-refractivity contribution in [2.24, 2.45) is 0 Å². The first kappa shape index (κ1) is 20.0. The van der Waals surface area contributed by atoms with Crippen LogP contribution in [0.25, 0.3) is 5.69 Å². The molecule has 28 heavy (non-hydrogen) atoms. The van der Waals surface area contributed by atoms with E-state index in [9.17, 15) is 9.59 Å². The van der Waals surface area contributed by atoms with E-state index in [0.717, 1.165) is 10.6 Å².